The topological polar surface area (TPSA) is 69.9 Å². The van der Waals surface area contributed by atoms with Crippen LogP contribution in [0.1, 0.15) is 42.0 Å². The molecule has 6 nitrogen and oxygen atoms in total. The minimum absolute atomic E-state index is 0.00625. The van der Waals surface area contributed by atoms with Crippen molar-refractivity contribution in [3.8, 4) is 5.88 Å². The summed E-state index contributed by atoms with van der Waals surface area (Å²) < 4.78 is 7.47. The highest BCUT2D eigenvalue weighted by Crippen LogP contribution is 2.43. The SMILES string of the molecule is Cc1cc(OCC(=O)CCc2ccc(Cl)nc2)nc2c1c(C1CC1)nn2C. The van der Waals surface area contributed by atoms with E-state index in [0.29, 0.717) is 29.8 Å². The second kappa shape index (κ2) is 7.27. The molecule has 1 aliphatic carbocycles. The molecule has 0 aliphatic heterocycles. The number of carbonyl (C=O) groups excluding carboxylic acids is 1. The molecule has 0 atom stereocenters. The molecular formula is C20H21ClN4O2. The van der Waals surface area contributed by atoms with Gasteiger partial charge in [-0.1, -0.05) is 17.7 Å². The van der Waals surface area contributed by atoms with Crippen LogP contribution in [0.2, 0.25) is 5.15 Å². The van der Waals surface area contributed by atoms with E-state index in [1.165, 1.54) is 12.8 Å². The molecule has 3 aromatic rings. The van der Waals surface area contributed by atoms with E-state index in [1.807, 2.05) is 26.1 Å². The van der Waals surface area contributed by atoms with Crippen molar-refractivity contribution in [2.75, 3.05) is 6.61 Å². The molecule has 27 heavy (non-hydrogen) atoms. The Morgan fingerprint density at radius 2 is 2.19 bits per heavy atom. The van der Waals surface area contributed by atoms with Crippen molar-refractivity contribution in [2.45, 2.75) is 38.5 Å². The normalized spacial score (nSPS) is 13.9. The molecule has 3 heterocycles. The summed E-state index contributed by atoms with van der Waals surface area (Å²) >= 11 is 5.77. The van der Waals surface area contributed by atoms with E-state index in [1.54, 1.807) is 16.9 Å². The number of aromatic nitrogens is 4. The third-order valence-electron chi connectivity index (χ3n) is 4.82. The van der Waals surface area contributed by atoms with E-state index in [0.717, 1.165) is 27.9 Å². The predicted octanol–water partition coefficient (Wildman–Crippen LogP) is 3.78. The van der Waals surface area contributed by atoms with Gasteiger partial charge in [0.2, 0.25) is 5.88 Å². The van der Waals surface area contributed by atoms with Crippen LogP contribution in [0.3, 0.4) is 0 Å². The lowest BCUT2D eigenvalue weighted by molar-refractivity contribution is -0.121. The third-order valence-corrected chi connectivity index (χ3v) is 5.04. The van der Waals surface area contributed by atoms with Gasteiger partial charge < -0.3 is 4.74 Å². The number of pyridine rings is 2. The first-order valence-corrected chi connectivity index (χ1v) is 9.48. The number of carbonyl (C=O) groups is 1. The lowest BCUT2D eigenvalue weighted by atomic mass is 10.1. The fourth-order valence-corrected chi connectivity index (χ4v) is 3.33. The summed E-state index contributed by atoms with van der Waals surface area (Å²) in [5, 5.41) is 6.20. The monoisotopic (exact) mass is 384 g/mol. The molecule has 0 N–H and O–H groups in total. The molecule has 0 spiro atoms. The smallest absolute Gasteiger partial charge is 0.215 e. The van der Waals surface area contributed by atoms with E-state index < -0.39 is 0 Å². The fraction of sp³-hybridized carbons (Fsp3) is 0.400. The Kier molecular flexibility index (Phi) is 4.83. The van der Waals surface area contributed by atoms with Gasteiger partial charge in [-0.2, -0.15) is 10.1 Å². The lowest BCUT2D eigenvalue weighted by Gasteiger charge is -2.07. The summed E-state index contributed by atoms with van der Waals surface area (Å²) in [5.41, 5.74) is 4.01. The molecule has 0 radical (unpaired) electrons. The molecule has 0 amide bonds. The van der Waals surface area contributed by atoms with Gasteiger partial charge >= 0.3 is 0 Å². The first kappa shape index (κ1) is 17.9. The number of rotatable bonds is 7. The van der Waals surface area contributed by atoms with Crippen LogP contribution in [0.5, 0.6) is 5.88 Å². The lowest BCUT2D eigenvalue weighted by Crippen LogP contribution is -2.13. The molecule has 7 heteroatoms. The minimum atomic E-state index is 0.00625. The average molecular weight is 385 g/mol. The zero-order valence-electron chi connectivity index (χ0n) is 15.4. The highest BCUT2D eigenvalue weighted by atomic mass is 35.5. The zero-order valence-corrected chi connectivity index (χ0v) is 16.2. The van der Waals surface area contributed by atoms with Gasteiger partial charge in [0.05, 0.1) is 5.69 Å². The van der Waals surface area contributed by atoms with E-state index >= 15 is 0 Å². The summed E-state index contributed by atoms with van der Waals surface area (Å²) in [6.07, 6.45) is 5.09. The number of halogens is 1. The number of ether oxygens (including phenoxy) is 1. The third kappa shape index (κ3) is 3.95. The second-order valence-corrected chi connectivity index (χ2v) is 7.46. The number of hydrogen-bond acceptors (Lipinski definition) is 5. The Bertz CT molecular complexity index is 993. The molecule has 0 unspecified atom stereocenters. The number of nitrogens with zero attached hydrogens (tertiary/aromatic N) is 4. The Hall–Kier alpha value is -2.47. The van der Waals surface area contributed by atoms with Gasteiger partial charge in [-0.05, 0) is 43.4 Å². The van der Waals surface area contributed by atoms with Crippen LogP contribution in [0.25, 0.3) is 11.0 Å². The van der Waals surface area contributed by atoms with Crippen LogP contribution < -0.4 is 4.74 Å². The Balaban J connectivity index is 1.40. The number of hydrogen-bond donors (Lipinski definition) is 0. The first-order valence-electron chi connectivity index (χ1n) is 9.10. The van der Waals surface area contributed by atoms with Gasteiger partial charge in [0, 0.05) is 37.0 Å². The van der Waals surface area contributed by atoms with Crippen molar-refractivity contribution in [3.63, 3.8) is 0 Å². The van der Waals surface area contributed by atoms with Crippen molar-refractivity contribution in [3.05, 3.63) is 46.4 Å². The Morgan fingerprint density at radius 1 is 1.37 bits per heavy atom. The molecule has 1 fully saturated rings. The van der Waals surface area contributed by atoms with Crippen molar-refractivity contribution < 1.29 is 9.53 Å². The van der Waals surface area contributed by atoms with Crippen molar-refractivity contribution in [1.29, 1.82) is 0 Å². The molecule has 1 aliphatic rings. The molecule has 140 valence electrons. The summed E-state index contributed by atoms with van der Waals surface area (Å²) in [6.45, 7) is 2.05. The first-order chi connectivity index (χ1) is 13.0. The van der Waals surface area contributed by atoms with E-state index in [-0.39, 0.29) is 12.4 Å². The van der Waals surface area contributed by atoms with Crippen LogP contribution in [0, 0.1) is 6.92 Å². The summed E-state index contributed by atoms with van der Waals surface area (Å²) in [6, 6.07) is 5.50. The minimum Gasteiger partial charge on any atom is -0.470 e. The molecule has 3 aromatic heterocycles. The number of aryl methyl sites for hydroxylation is 3. The molecule has 0 aromatic carbocycles. The van der Waals surface area contributed by atoms with Gasteiger partial charge in [-0.15, -0.1) is 0 Å². The van der Waals surface area contributed by atoms with E-state index in [4.69, 9.17) is 16.3 Å². The quantitative estimate of drug-likeness (QED) is 0.580. The summed E-state index contributed by atoms with van der Waals surface area (Å²) in [5.74, 6) is 1.05. The predicted molar refractivity (Wildman–Crippen MR) is 103 cm³/mol. The second-order valence-electron chi connectivity index (χ2n) is 7.08. The maximum atomic E-state index is 12.2. The number of fused-ring (bicyclic) bond motifs is 1. The number of Topliss-reactive ketones (excluding diaryl/α,β-unsaturated/α-hetero) is 1. The molecule has 0 saturated heterocycles. The standard InChI is InChI=1S/C20H21ClN4O2/c1-12-9-17(23-20-18(12)19(14-5-6-14)24-25(20)2)27-11-15(26)7-3-13-4-8-16(21)22-10-13/h4,8-10,14H,3,5-7,11H2,1-2H3. The van der Waals surface area contributed by atoms with E-state index in [9.17, 15) is 4.79 Å². The molecule has 1 saturated carbocycles. The van der Waals surface area contributed by atoms with Gasteiger partial charge in [0.25, 0.3) is 0 Å². The van der Waals surface area contributed by atoms with Crippen LogP contribution in [-0.4, -0.2) is 32.1 Å². The fourth-order valence-electron chi connectivity index (χ4n) is 3.22. The Morgan fingerprint density at radius 3 is 2.89 bits per heavy atom. The van der Waals surface area contributed by atoms with Crippen molar-refractivity contribution >= 4 is 28.4 Å². The largest absolute Gasteiger partial charge is 0.470 e. The molecular weight excluding hydrogens is 364 g/mol. The van der Waals surface area contributed by atoms with Crippen molar-refractivity contribution in [1.82, 2.24) is 19.7 Å². The summed E-state index contributed by atoms with van der Waals surface area (Å²) in [7, 11) is 1.90. The van der Waals surface area contributed by atoms with Crippen LogP contribution in [0.4, 0.5) is 0 Å². The summed E-state index contributed by atoms with van der Waals surface area (Å²) in [4.78, 5) is 20.7. The maximum absolute atomic E-state index is 12.2. The van der Waals surface area contributed by atoms with E-state index in [2.05, 4.69) is 15.1 Å². The van der Waals surface area contributed by atoms with Gasteiger partial charge in [0.15, 0.2) is 11.4 Å². The van der Waals surface area contributed by atoms with Crippen LogP contribution >= 0.6 is 11.6 Å². The molecule has 4 rings (SSSR count). The number of ketones is 1. The zero-order chi connectivity index (χ0) is 19.0. The highest BCUT2D eigenvalue weighted by Gasteiger charge is 2.30. The van der Waals surface area contributed by atoms with Gasteiger partial charge in [-0.3, -0.25) is 9.48 Å². The maximum Gasteiger partial charge on any atom is 0.215 e. The Labute approximate surface area is 162 Å². The van der Waals surface area contributed by atoms with Crippen LogP contribution in [0.15, 0.2) is 24.4 Å². The molecule has 0 bridgehead atoms. The van der Waals surface area contributed by atoms with Crippen molar-refractivity contribution in [2.24, 2.45) is 7.05 Å². The van der Waals surface area contributed by atoms with Gasteiger partial charge in [0.1, 0.15) is 11.8 Å². The van der Waals surface area contributed by atoms with Crippen LogP contribution in [-0.2, 0) is 18.3 Å². The average Bonchev–Trinajstić information content (AvgIpc) is 3.44. The highest BCUT2D eigenvalue weighted by molar-refractivity contribution is 6.29. The van der Waals surface area contributed by atoms with Gasteiger partial charge in [-0.25, -0.2) is 4.98 Å².